The summed E-state index contributed by atoms with van der Waals surface area (Å²) in [6.07, 6.45) is 5.23. The maximum absolute atomic E-state index is 12.0. The van der Waals surface area contributed by atoms with Gasteiger partial charge in [0.25, 0.3) is 6.67 Å². The van der Waals surface area contributed by atoms with E-state index in [4.69, 9.17) is 6.57 Å². The Morgan fingerprint density at radius 1 is 1.12 bits per heavy atom. The lowest BCUT2D eigenvalue weighted by molar-refractivity contribution is 0.585. The zero-order valence-corrected chi connectivity index (χ0v) is 13.9. The summed E-state index contributed by atoms with van der Waals surface area (Å²) in [4.78, 5) is 7.06. The molecule has 2 aromatic heterocycles. The van der Waals surface area contributed by atoms with Crippen LogP contribution >= 0.6 is 0 Å². The third-order valence-electron chi connectivity index (χ3n) is 3.43. The second-order valence-electron chi connectivity index (χ2n) is 5.15. The molecule has 126 valence electrons. The molecule has 2 heterocycles. The number of rotatable bonds is 6. The second-order valence-corrected chi connectivity index (χ2v) is 6.91. The fourth-order valence-corrected chi connectivity index (χ4v) is 3.08. The predicted molar refractivity (Wildman–Crippen MR) is 90.6 cm³/mol. The number of nitrogens with one attached hydrogen (secondary N) is 1. The molecule has 0 aliphatic heterocycles. The molecule has 3 aromatic rings. The van der Waals surface area contributed by atoms with E-state index in [0.29, 0.717) is 12.2 Å². The molecule has 0 bridgehead atoms. The molecule has 25 heavy (non-hydrogen) atoms. The molecule has 3 rings (SSSR count). The van der Waals surface area contributed by atoms with Crippen molar-refractivity contribution in [2.24, 2.45) is 0 Å². The molecule has 9 heteroatoms. The summed E-state index contributed by atoms with van der Waals surface area (Å²) >= 11 is 0. The summed E-state index contributed by atoms with van der Waals surface area (Å²) < 4.78 is 27.8. The first-order valence-electron chi connectivity index (χ1n) is 7.31. The van der Waals surface area contributed by atoms with Crippen molar-refractivity contribution in [2.45, 2.75) is 11.4 Å². The molecule has 1 aromatic carbocycles. The summed E-state index contributed by atoms with van der Waals surface area (Å²) in [5.41, 5.74) is 2.45. The quantitative estimate of drug-likeness (QED) is 0.678. The lowest BCUT2D eigenvalue weighted by Crippen LogP contribution is -2.22. The standard InChI is InChI=1S/C16H14N6O2S/c1-17-12-19-25(23,24)15-4-2-14(3-5-15)16-11-22(21-20-16)10-13-6-8-18-9-7-13/h2-9,11,19H,10,12H2. The van der Waals surface area contributed by atoms with Crippen LogP contribution in [0.25, 0.3) is 16.1 Å². The Morgan fingerprint density at radius 3 is 2.52 bits per heavy atom. The zero-order chi connectivity index (χ0) is 17.7. The Kier molecular flexibility index (Phi) is 4.83. The van der Waals surface area contributed by atoms with Crippen LogP contribution in [-0.2, 0) is 16.6 Å². The molecule has 0 saturated heterocycles. The predicted octanol–water partition coefficient (Wildman–Crippen LogP) is 1.54. The van der Waals surface area contributed by atoms with Crippen LogP contribution < -0.4 is 4.72 Å². The van der Waals surface area contributed by atoms with Crippen molar-refractivity contribution in [3.8, 4) is 11.3 Å². The lowest BCUT2D eigenvalue weighted by Gasteiger charge is -2.03. The number of sulfonamides is 1. The third kappa shape index (κ3) is 4.06. The molecular formula is C16H14N6O2S. The van der Waals surface area contributed by atoms with Crippen molar-refractivity contribution in [2.75, 3.05) is 6.67 Å². The first-order chi connectivity index (χ1) is 12.1. The highest BCUT2D eigenvalue weighted by molar-refractivity contribution is 7.89. The molecule has 0 atom stereocenters. The van der Waals surface area contributed by atoms with Gasteiger partial charge in [-0.25, -0.2) is 19.7 Å². The number of hydrogen-bond donors (Lipinski definition) is 1. The van der Waals surface area contributed by atoms with Crippen LogP contribution in [0, 0.1) is 6.57 Å². The Bertz CT molecular complexity index is 991. The molecule has 0 fully saturated rings. The third-order valence-corrected chi connectivity index (χ3v) is 4.83. The SMILES string of the molecule is [C-]#[N+]CNS(=O)(=O)c1ccc(-c2cn(Cc3ccncc3)nn2)cc1. The van der Waals surface area contributed by atoms with Gasteiger partial charge in [0.15, 0.2) is 0 Å². The van der Waals surface area contributed by atoms with E-state index in [1.54, 1.807) is 35.4 Å². The zero-order valence-electron chi connectivity index (χ0n) is 13.1. The van der Waals surface area contributed by atoms with Gasteiger partial charge in [-0.15, -0.1) is 9.82 Å². The van der Waals surface area contributed by atoms with Crippen LogP contribution in [0.15, 0.2) is 59.9 Å². The molecule has 0 spiro atoms. The van der Waals surface area contributed by atoms with Gasteiger partial charge in [-0.3, -0.25) is 9.83 Å². The first-order valence-corrected chi connectivity index (χ1v) is 8.79. The van der Waals surface area contributed by atoms with Crippen molar-refractivity contribution in [1.29, 1.82) is 0 Å². The Hall–Kier alpha value is -3.09. The number of hydrogen-bond acceptors (Lipinski definition) is 5. The van der Waals surface area contributed by atoms with Gasteiger partial charge in [0.05, 0.1) is 17.6 Å². The molecule has 0 saturated carbocycles. The van der Waals surface area contributed by atoms with E-state index in [2.05, 4.69) is 24.9 Å². The molecule has 1 N–H and O–H groups in total. The van der Waals surface area contributed by atoms with E-state index in [0.717, 1.165) is 11.1 Å². The normalized spacial score (nSPS) is 11.2. The topological polar surface area (TPSA) is 94.1 Å². The van der Waals surface area contributed by atoms with Gasteiger partial charge in [-0.05, 0) is 29.8 Å². The summed E-state index contributed by atoms with van der Waals surface area (Å²) in [5.74, 6) is 0. The fourth-order valence-electron chi connectivity index (χ4n) is 2.19. The molecule has 0 amide bonds. The van der Waals surface area contributed by atoms with Crippen molar-refractivity contribution in [1.82, 2.24) is 24.7 Å². The van der Waals surface area contributed by atoms with Crippen LogP contribution in [0.4, 0.5) is 0 Å². The van der Waals surface area contributed by atoms with Crippen LogP contribution in [0.5, 0.6) is 0 Å². The Morgan fingerprint density at radius 2 is 1.84 bits per heavy atom. The van der Waals surface area contributed by atoms with Crippen LogP contribution in [0.1, 0.15) is 5.56 Å². The van der Waals surface area contributed by atoms with Crippen LogP contribution in [0.3, 0.4) is 0 Å². The minimum atomic E-state index is -3.67. The Balaban J connectivity index is 1.76. The van der Waals surface area contributed by atoms with Gasteiger partial charge in [-0.1, -0.05) is 17.3 Å². The average Bonchev–Trinajstić information content (AvgIpc) is 3.09. The van der Waals surface area contributed by atoms with Crippen molar-refractivity contribution in [3.63, 3.8) is 0 Å². The number of benzene rings is 1. The highest BCUT2D eigenvalue weighted by Gasteiger charge is 2.15. The number of aromatic nitrogens is 4. The second kappa shape index (κ2) is 7.21. The average molecular weight is 354 g/mol. The largest absolute Gasteiger partial charge is 0.299 e. The van der Waals surface area contributed by atoms with Gasteiger partial charge in [-0.2, -0.15) is 0 Å². The smallest absolute Gasteiger partial charge is 0.280 e. The molecule has 0 aliphatic rings. The van der Waals surface area contributed by atoms with E-state index < -0.39 is 10.0 Å². The Labute approximate surface area is 145 Å². The van der Waals surface area contributed by atoms with E-state index in [1.165, 1.54) is 12.1 Å². The molecular weight excluding hydrogens is 340 g/mol. The van der Waals surface area contributed by atoms with E-state index in [9.17, 15) is 8.42 Å². The van der Waals surface area contributed by atoms with Gasteiger partial charge < -0.3 is 0 Å². The monoisotopic (exact) mass is 354 g/mol. The van der Waals surface area contributed by atoms with E-state index in [1.807, 2.05) is 12.1 Å². The molecule has 0 aliphatic carbocycles. The summed E-state index contributed by atoms with van der Waals surface area (Å²) in [6, 6.07) is 10.1. The molecule has 0 radical (unpaired) electrons. The van der Waals surface area contributed by atoms with Gasteiger partial charge in [0.1, 0.15) is 5.69 Å². The molecule has 0 unspecified atom stereocenters. The van der Waals surface area contributed by atoms with Crippen LogP contribution in [0.2, 0.25) is 0 Å². The van der Waals surface area contributed by atoms with Gasteiger partial charge >= 0.3 is 0 Å². The number of pyridine rings is 1. The van der Waals surface area contributed by atoms with Gasteiger partial charge in [0, 0.05) is 18.0 Å². The summed E-state index contributed by atoms with van der Waals surface area (Å²) in [7, 11) is -3.67. The molecule has 8 nitrogen and oxygen atoms in total. The van der Waals surface area contributed by atoms with E-state index in [-0.39, 0.29) is 11.6 Å². The minimum absolute atomic E-state index is 0.101. The van der Waals surface area contributed by atoms with Gasteiger partial charge in [0.2, 0.25) is 10.0 Å². The fraction of sp³-hybridized carbons (Fsp3) is 0.125. The summed E-state index contributed by atoms with van der Waals surface area (Å²) in [5, 5.41) is 8.20. The maximum Gasteiger partial charge on any atom is 0.280 e. The van der Waals surface area contributed by atoms with E-state index >= 15 is 0 Å². The van der Waals surface area contributed by atoms with Crippen molar-refractivity contribution >= 4 is 10.0 Å². The summed E-state index contributed by atoms with van der Waals surface area (Å²) in [6.45, 7) is 6.94. The first kappa shape index (κ1) is 16.8. The highest BCUT2D eigenvalue weighted by Crippen LogP contribution is 2.19. The highest BCUT2D eigenvalue weighted by atomic mass is 32.2. The minimum Gasteiger partial charge on any atom is -0.299 e. The lowest BCUT2D eigenvalue weighted by atomic mass is 10.2. The number of nitrogens with zero attached hydrogens (tertiary/aromatic N) is 5. The van der Waals surface area contributed by atoms with Crippen LogP contribution in [-0.4, -0.2) is 35.1 Å². The van der Waals surface area contributed by atoms with Crippen molar-refractivity contribution < 1.29 is 8.42 Å². The van der Waals surface area contributed by atoms with Crippen molar-refractivity contribution in [3.05, 3.63) is 72.0 Å². The maximum atomic E-state index is 12.0.